The van der Waals surface area contributed by atoms with Gasteiger partial charge in [0, 0.05) is 0 Å². The molecule has 57 heavy (non-hydrogen) atoms. The van der Waals surface area contributed by atoms with Crippen LogP contribution in [0.2, 0.25) is 0 Å². The molecular formula is C54H70Cl2Zr. The van der Waals surface area contributed by atoms with Crippen LogP contribution in [0.15, 0.2) is 99.9 Å². The van der Waals surface area contributed by atoms with Crippen molar-refractivity contribution in [3.8, 4) is 11.1 Å². The molecule has 0 saturated heterocycles. The Labute approximate surface area is 368 Å². The Morgan fingerprint density at radius 2 is 1.05 bits per heavy atom. The number of benzene rings is 4. The molecular weight excluding hydrogens is 811 g/mol. The van der Waals surface area contributed by atoms with Gasteiger partial charge in [-0.25, -0.2) is 0 Å². The quantitative estimate of drug-likeness (QED) is 0.161. The maximum atomic E-state index is 2.74. The standard InChI is InChI=1S/C29H41.C13H10.C12H19.2ClH.Zr/c1-26(2,3)22-14-18-13-19-15-23(27(4,5)6)25(29(10,11)12)17-21(19)20(18)16-24(22)28(7,8)9;1-3-7-12(8-4-1)11-13-9-5-2-6-10-13;1-5-6-10-7-8-11(9-10)12(2,3)4;;;/h14,16-17H,13H2,1-12H3;1-10H;8-10H,5-6H2,1-4H3;2*1H;/q;;;;;+2/p-2. The molecule has 2 aliphatic rings. The van der Waals surface area contributed by atoms with Crippen molar-refractivity contribution in [2.75, 3.05) is 0 Å². The van der Waals surface area contributed by atoms with Crippen LogP contribution < -0.4 is 28.1 Å². The first-order valence-corrected chi connectivity index (χ1v) is 24.8. The van der Waals surface area contributed by atoms with E-state index < -0.39 is 21.3 Å². The summed E-state index contributed by atoms with van der Waals surface area (Å²) in [7, 11) is 0. The van der Waals surface area contributed by atoms with E-state index in [0.717, 1.165) is 6.42 Å². The minimum absolute atomic E-state index is 0. The van der Waals surface area contributed by atoms with Gasteiger partial charge in [0.1, 0.15) is 0 Å². The molecule has 0 nitrogen and oxygen atoms in total. The molecule has 0 aliphatic heterocycles. The molecule has 0 bridgehead atoms. The first-order valence-electron chi connectivity index (χ1n) is 21.1. The number of halogens is 2. The van der Waals surface area contributed by atoms with Crippen molar-refractivity contribution in [1.82, 2.24) is 0 Å². The summed E-state index contributed by atoms with van der Waals surface area (Å²) < 4.78 is 5.14. The number of fused-ring (bicyclic) bond motifs is 3. The number of rotatable bonds is 6. The first kappa shape index (κ1) is 47.4. The zero-order chi connectivity index (χ0) is 40.5. The van der Waals surface area contributed by atoms with Gasteiger partial charge in [-0.15, -0.1) is 0 Å². The van der Waals surface area contributed by atoms with E-state index >= 15 is 0 Å². The maximum Gasteiger partial charge on any atom is -1.00 e. The summed E-state index contributed by atoms with van der Waals surface area (Å²) in [6, 6.07) is 31.0. The predicted molar refractivity (Wildman–Crippen MR) is 239 cm³/mol. The third-order valence-electron chi connectivity index (χ3n) is 12.0. The Morgan fingerprint density at radius 3 is 1.49 bits per heavy atom. The zero-order valence-electron chi connectivity index (χ0n) is 38.1. The molecule has 0 amide bonds. The van der Waals surface area contributed by atoms with Crippen LogP contribution in [0, 0.1) is 11.3 Å². The van der Waals surface area contributed by atoms with Crippen molar-refractivity contribution in [1.29, 1.82) is 0 Å². The second kappa shape index (κ2) is 17.0. The summed E-state index contributed by atoms with van der Waals surface area (Å²) in [5.74, 6) is 0.460. The Hall–Kier alpha value is -2.31. The van der Waals surface area contributed by atoms with Gasteiger partial charge in [-0.3, -0.25) is 0 Å². The van der Waals surface area contributed by atoms with Crippen molar-refractivity contribution in [2.45, 2.75) is 152 Å². The van der Waals surface area contributed by atoms with E-state index in [9.17, 15) is 0 Å². The van der Waals surface area contributed by atoms with Gasteiger partial charge < -0.3 is 24.8 Å². The second-order valence-corrected chi connectivity index (χ2v) is 27.5. The minimum Gasteiger partial charge on any atom is -1.00 e. The fourth-order valence-corrected chi connectivity index (χ4v) is 18.9. The first-order chi connectivity index (χ1) is 25.4. The smallest absolute Gasteiger partial charge is 1.00 e. The maximum absolute atomic E-state index is 3.14. The Bertz CT molecular complexity index is 2140. The van der Waals surface area contributed by atoms with Gasteiger partial charge in [0.25, 0.3) is 0 Å². The van der Waals surface area contributed by atoms with Crippen LogP contribution in [0.3, 0.4) is 0 Å². The van der Waals surface area contributed by atoms with E-state index in [4.69, 9.17) is 0 Å². The topological polar surface area (TPSA) is 0 Å². The Morgan fingerprint density at radius 1 is 0.579 bits per heavy atom. The molecule has 0 saturated carbocycles. The van der Waals surface area contributed by atoms with E-state index in [1.807, 2.05) is 0 Å². The van der Waals surface area contributed by atoms with Gasteiger partial charge >= 0.3 is 346 Å². The van der Waals surface area contributed by atoms with Gasteiger partial charge in [0.05, 0.1) is 0 Å². The van der Waals surface area contributed by atoms with E-state index in [1.165, 1.54) is 62.9 Å². The van der Waals surface area contributed by atoms with Crippen LogP contribution in [0.1, 0.15) is 168 Å². The molecule has 3 heteroatoms. The van der Waals surface area contributed by atoms with Crippen LogP contribution in [0.5, 0.6) is 0 Å². The average Bonchev–Trinajstić information content (AvgIpc) is 3.67. The van der Waals surface area contributed by atoms with Gasteiger partial charge in [0.15, 0.2) is 0 Å². The van der Waals surface area contributed by atoms with Crippen LogP contribution in [0.25, 0.3) is 11.1 Å². The van der Waals surface area contributed by atoms with E-state index in [0.29, 0.717) is 5.92 Å². The van der Waals surface area contributed by atoms with Gasteiger partial charge in [-0.2, -0.15) is 0 Å². The summed E-state index contributed by atoms with van der Waals surface area (Å²) in [6.45, 7) is 38.9. The molecule has 0 heterocycles. The van der Waals surface area contributed by atoms with Crippen molar-refractivity contribution in [2.24, 2.45) is 11.3 Å². The van der Waals surface area contributed by atoms with Crippen molar-refractivity contribution in [3.63, 3.8) is 0 Å². The van der Waals surface area contributed by atoms with Crippen LogP contribution in [-0.4, -0.2) is 3.21 Å². The van der Waals surface area contributed by atoms with E-state index in [-0.39, 0.29) is 51.9 Å². The molecule has 4 aromatic rings. The fraction of sp³-hybridized carbons (Fsp3) is 0.463. The van der Waals surface area contributed by atoms with Gasteiger partial charge in [-0.1, -0.05) is 0 Å². The predicted octanol–water partition coefficient (Wildman–Crippen LogP) is 8.25. The zero-order valence-corrected chi connectivity index (χ0v) is 42.1. The summed E-state index contributed by atoms with van der Waals surface area (Å²) in [5, 5.41) is 0. The van der Waals surface area contributed by atoms with Crippen molar-refractivity contribution in [3.05, 3.63) is 144 Å². The number of hydrogen-bond acceptors (Lipinski definition) is 0. The van der Waals surface area contributed by atoms with Crippen molar-refractivity contribution < 1.29 is 46.1 Å². The van der Waals surface area contributed by atoms with E-state index in [1.54, 1.807) is 20.9 Å². The van der Waals surface area contributed by atoms with Crippen LogP contribution >= 0.6 is 0 Å². The molecule has 304 valence electrons. The minimum atomic E-state index is -3.14. The summed E-state index contributed by atoms with van der Waals surface area (Å²) in [4.78, 5) is 0. The summed E-state index contributed by atoms with van der Waals surface area (Å²) in [5.41, 5.74) is 16.7. The molecule has 0 aromatic heterocycles. The molecule has 0 spiro atoms. The average molecular weight is 881 g/mol. The molecule has 6 rings (SSSR count). The molecule has 0 N–H and O–H groups in total. The Balaban J connectivity index is 0.00000360. The van der Waals surface area contributed by atoms with Crippen LogP contribution in [-0.2, 0) is 49.3 Å². The number of allylic oxidation sites excluding steroid dienone is 4. The molecule has 0 fully saturated rings. The largest absolute Gasteiger partial charge is 1.00 e. The second-order valence-electron chi connectivity index (χ2n) is 21.8. The Kier molecular flexibility index (Phi) is 14.1. The molecule has 4 aromatic carbocycles. The molecule has 0 radical (unpaired) electrons. The third kappa shape index (κ3) is 9.53. The molecule has 1 unspecified atom stereocenters. The monoisotopic (exact) mass is 878 g/mol. The van der Waals surface area contributed by atoms with Crippen LogP contribution in [0.4, 0.5) is 0 Å². The number of hydrogen-bond donors (Lipinski definition) is 0. The molecule has 1 atom stereocenters. The van der Waals surface area contributed by atoms with Gasteiger partial charge in [-0.05, 0) is 0 Å². The van der Waals surface area contributed by atoms with Crippen molar-refractivity contribution >= 4 is 6.48 Å². The van der Waals surface area contributed by atoms with E-state index in [2.05, 4.69) is 202 Å². The van der Waals surface area contributed by atoms with Gasteiger partial charge in [0.2, 0.25) is 0 Å². The fourth-order valence-electron chi connectivity index (χ4n) is 9.25. The normalized spacial score (nSPS) is 15.4. The third-order valence-corrected chi connectivity index (χ3v) is 19.9. The SMILES string of the molecule is CCCC1C=C(C(C)(C)C)C=[C]1[Zr+2](=[C](c1ccccc1)c1ccccc1)[c]1c2c(cc(C(C)(C)C)c1C(C)(C)C)-c1cc(C(C)(C)C)c(C(C)(C)C)cc1C2.[Cl-].[Cl-]. The summed E-state index contributed by atoms with van der Waals surface area (Å²) >= 11 is -3.14. The summed E-state index contributed by atoms with van der Waals surface area (Å²) in [6.07, 6.45) is 8.82. The molecule has 2 aliphatic carbocycles.